The molecule has 9 heteroatoms. The first-order chi connectivity index (χ1) is 18.0. The molecule has 9 nitrogen and oxygen atoms in total. The molecule has 0 unspecified atom stereocenters. The van der Waals surface area contributed by atoms with Gasteiger partial charge in [0, 0.05) is 55.1 Å². The number of carbonyl (C=O) groups is 2. The SMILES string of the molecule is CN(C)C(=O)c1ccc(NC(=O)Nc2ccc(-c3nc(N4CCOCC4)c4ccccc4n3)cc2)cc1. The van der Waals surface area contributed by atoms with Crippen LogP contribution in [0.5, 0.6) is 0 Å². The van der Waals surface area contributed by atoms with Crippen molar-refractivity contribution >= 4 is 40.0 Å². The van der Waals surface area contributed by atoms with Crippen molar-refractivity contribution in [2.45, 2.75) is 0 Å². The lowest BCUT2D eigenvalue weighted by Crippen LogP contribution is -2.37. The van der Waals surface area contributed by atoms with Gasteiger partial charge in [-0.2, -0.15) is 0 Å². The summed E-state index contributed by atoms with van der Waals surface area (Å²) in [6.07, 6.45) is 0. The number of para-hydroxylation sites is 1. The van der Waals surface area contributed by atoms with E-state index in [9.17, 15) is 9.59 Å². The Morgan fingerprint density at radius 3 is 2.11 bits per heavy atom. The number of hydrogen-bond acceptors (Lipinski definition) is 6. The molecule has 37 heavy (non-hydrogen) atoms. The van der Waals surface area contributed by atoms with Crippen LogP contribution in [0.2, 0.25) is 0 Å². The van der Waals surface area contributed by atoms with E-state index in [1.165, 1.54) is 4.90 Å². The minimum Gasteiger partial charge on any atom is -0.378 e. The van der Waals surface area contributed by atoms with Crippen LogP contribution in [0.4, 0.5) is 22.0 Å². The quantitative estimate of drug-likeness (QED) is 0.423. The Morgan fingerprint density at radius 2 is 1.46 bits per heavy atom. The molecule has 4 aromatic rings. The van der Waals surface area contributed by atoms with Gasteiger partial charge < -0.3 is 25.2 Å². The summed E-state index contributed by atoms with van der Waals surface area (Å²) >= 11 is 0. The predicted octanol–water partition coefficient (Wildman–Crippen LogP) is 4.48. The normalized spacial score (nSPS) is 13.3. The molecule has 2 heterocycles. The minimum absolute atomic E-state index is 0.0939. The molecule has 3 aromatic carbocycles. The molecule has 0 bridgehead atoms. The van der Waals surface area contributed by atoms with Crippen molar-refractivity contribution in [3.63, 3.8) is 0 Å². The van der Waals surface area contributed by atoms with Crippen molar-refractivity contribution in [3.8, 4) is 11.4 Å². The van der Waals surface area contributed by atoms with E-state index in [0.717, 1.165) is 35.4 Å². The average Bonchev–Trinajstić information content (AvgIpc) is 2.93. The van der Waals surface area contributed by atoms with Gasteiger partial charge in [0.2, 0.25) is 0 Å². The highest BCUT2D eigenvalue weighted by atomic mass is 16.5. The molecule has 188 valence electrons. The van der Waals surface area contributed by atoms with Gasteiger partial charge in [-0.05, 0) is 60.7 Å². The van der Waals surface area contributed by atoms with E-state index in [1.807, 2.05) is 48.5 Å². The van der Waals surface area contributed by atoms with Crippen LogP contribution in [-0.2, 0) is 4.74 Å². The summed E-state index contributed by atoms with van der Waals surface area (Å²) < 4.78 is 5.51. The van der Waals surface area contributed by atoms with Crippen molar-refractivity contribution in [3.05, 3.63) is 78.4 Å². The molecule has 0 radical (unpaired) electrons. The Kier molecular flexibility index (Phi) is 6.96. The largest absolute Gasteiger partial charge is 0.378 e. The topological polar surface area (TPSA) is 99.7 Å². The van der Waals surface area contributed by atoms with Crippen LogP contribution in [0.3, 0.4) is 0 Å². The summed E-state index contributed by atoms with van der Waals surface area (Å²) in [5, 5.41) is 6.63. The highest BCUT2D eigenvalue weighted by Gasteiger charge is 2.18. The van der Waals surface area contributed by atoms with Gasteiger partial charge in [-0.3, -0.25) is 4.79 Å². The van der Waals surface area contributed by atoms with Crippen LogP contribution >= 0.6 is 0 Å². The van der Waals surface area contributed by atoms with Crippen molar-refractivity contribution in [1.29, 1.82) is 0 Å². The third-order valence-corrected chi connectivity index (χ3v) is 6.09. The molecular formula is C28H28N6O3. The van der Waals surface area contributed by atoms with Gasteiger partial charge in [0.25, 0.3) is 5.91 Å². The number of fused-ring (bicyclic) bond motifs is 1. The van der Waals surface area contributed by atoms with Crippen LogP contribution < -0.4 is 15.5 Å². The zero-order chi connectivity index (χ0) is 25.8. The van der Waals surface area contributed by atoms with Crippen LogP contribution in [0, 0.1) is 0 Å². The lowest BCUT2D eigenvalue weighted by molar-refractivity contribution is 0.0827. The molecule has 0 aliphatic carbocycles. The second-order valence-corrected chi connectivity index (χ2v) is 8.92. The number of amides is 3. The lowest BCUT2D eigenvalue weighted by atomic mass is 10.1. The lowest BCUT2D eigenvalue weighted by Gasteiger charge is -2.29. The van der Waals surface area contributed by atoms with Crippen LogP contribution in [-0.4, -0.2) is 67.2 Å². The Hall–Kier alpha value is -4.50. The maximum absolute atomic E-state index is 12.5. The predicted molar refractivity (Wildman–Crippen MR) is 145 cm³/mol. The smallest absolute Gasteiger partial charge is 0.323 e. The monoisotopic (exact) mass is 496 g/mol. The summed E-state index contributed by atoms with van der Waals surface area (Å²) in [5.41, 5.74) is 3.51. The number of aromatic nitrogens is 2. The van der Waals surface area contributed by atoms with Gasteiger partial charge in [0.15, 0.2) is 5.82 Å². The molecule has 1 aromatic heterocycles. The fraction of sp³-hybridized carbons (Fsp3) is 0.214. The molecule has 3 amide bonds. The first-order valence-electron chi connectivity index (χ1n) is 12.1. The molecule has 1 aliphatic rings. The minimum atomic E-state index is -0.379. The molecule has 0 atom stereocenters. The van der Waals surface area contributed by atoms with Crippen molar-refractivity contribution < 1.29 is 14.3 Å². The van der Waals surface area contributed by atoms with Gasteiger partial charge in [-0.15, -0.1) is 0 Å². The maximum atomic E-state index is 12.5. The molecule has 5 rings (SSSR count). The highest BCUT2D eigenvalue weighted by molar-refractivity contribution is 6.00. The highest BCUT2D eigenvalue weighted by Crippen LogP contribution is 2.28. The van der Waals surface area contributed by atoms with E-state index < -0.39 is 0 Å². The molecule has 0 spiro atoms. The van der Waals surface area contributed by atoms with Gasteiger partial charge >= 0.3 is 6.03 Å². The Labute approximate surface area is 215 Å². The molecule has 2 N–H and O–H groups in total. The number of urea groups is 1. The van der Waals surface area contributed by atoms with Gasteiger partial charge in [-0.1, -0.05) is 12.1 Å². The number of ether oxygens (including phenoxy) is 1. The van der Waals surface area contributed by atoms with Crippen molar-refractivity contribution in [2.24, 2.45) is 0 Å². The number of benzene rings is 3. The van der Waals surface area contributed by atoms with Gasteiger partial charge in [0.05, 0.1) is 18.7 Å². The third kappa shape index (κ3) is 5.52. The van der Waals surface area contributed by atoms with Crippen LogP contribution in [0.25, 0.3) is 22.3 Å². The standard InChI is InChI=1S/C28H28N6O3/c1-33(2)27(35)20-9-13-22(14-10-20)30-28(36)29-21-11-7-19(8-12-21)25-31-24-6-4-3-5-23(24)26(32-25)34-15-17-37-18-16-34/h3-14H,15-18H2,1-2H3,(H2,29,30,36). The molecule has 0 saturated carbocycles. The van der Waals surface area contributed by atoms with E-state index in [-0.39, 0.29) is 11.9 Å². The van der Waals surface area contributed by atoms with Crippen LogP contribution in [0.15, 0.2) is 72.8 Å². The van der Waals surface area contributed by atoms with Gasteiger partial charge in [-0.25, -0.2) is 14.8 Å². The Balaban J connectivity index is 1.30. The van der Waals surface area contributed by atoms with E-state index in [2.05, 4.69) is 15.5 Å². The van der Waals surface area contributed by atoms with Crippen molar-refractivity contribution in [2.75, 3.05) is 55.9 Å². The first-order valence-corrected chi connectivity index (χ1v) is 12.1. The fourth-order valence-corrected chi connectivity index (χ4v) is 4.16. The second kappa shape index (κ2) is 10.6. The van der Waals surface area contributed by atoms with Crippen LogP contribution in [0.1, 0.15) is 10.4 Å². The zero-order valence-electron chi connectivity index (χ0n) is 20.8. The summed E-state index contributed by atoms with van der Waals surface area (Å²) in [4.78, 5) is 37.9. The fourth-order valence-electron chi connectivity index (χ4n) is 4.16. The molecule has 1 aliphatic heterocycles. The van der Waals surface area contributed by atoms with E-state index in [1.54, 1.807) is 38.4 Å². The number of carbonyl (C=O) groups excluding carboxylic acids is 2. The average molecular weight is 497 g/mol. The molecule has 1 saturated heterocycles. The van der Waals surface area contributed by atoms with Gasteiger partial charge in [0.1, 0.15) is 5.82 Å². The summed E-state index contributed by atoms with van der Waals surface area (Å²) in [5.74, 6) is 1.44. The number of anilines is 3. The summed E-state index contributed by atoms with van der Waals surface area (Å²) in [7, 11) is 3.39. The number of rotatable bonds is 5. The van der Waals surface area contributed by atoms with E-state index in [0.29, 0.717) is 36.0 Å². The third-order valence-electron chi connectivity index (χ3n) is 6.09. The number of nitrogens with one attached hydrogen (secondary N) is 2. The second-order valence-electron chi connectivity index (χ2n) is 8.92. The summed E-state index contributed by atoms with van der Waals surface area (Å²) in [6, 6.07) is 21.8. The summed E-state index contributed by atoms with van der Waals surface area (Å²) in [6.45, 7) is 2.92. The van der Waals surface area contributed by atoms with E-state index in [4.69, 9.17) is 14.7 Å². The first kappa shape index (κ1) is 24.2. The maximum Gasteiger partial charge on any atom is 0.323 e. The molecular weight excluding hydrogens is 468 g/mol. The molecule has 1 fully saturated rings. The Morgan fingerprint density at radius 1 is 0.838 bits per heavy atom. The van der Waals surface area contributed by atoms with Crippen molar-refractivity contribution in [1.82, 2.24) is 14.9 Å². The number of nitrogens with zero attached hydrogens (tertiary/aromatic N) is 4. The van der Waals surface area contributed by atoms with E-state index >= 15 is 0 Å². The Bertz CT molecular complexity index is 1410. The number of hydrogen-bond donors (Lipinski definition) is 2. The zero-order valence-corrected chi connectivity index (χ0v) is 20.8. The number of morpholine rings is 1.